The molecule has 0 fully saturated rings. The van der Waals surface area contributed by atoms with Gasteiger partial charge in [0.2, 0.25) is 0 Å². The second kappa shape index (κ2) is 15.2. The van der Waals surface area contributed by atoms with Crippen LogP contribution in [0.15, 0.2) is 227 Å². The van der Waals surface area contributed by atoms with E-state index in [0.717, 1.165) is 92.8 Å². The lowest BCUT2D eigenvalue weighted by Gasteiger charge is -2.11. The molecule has 15 rings (SSSR count). The molecule has 0 unspecified atom stereocenters. The summed E-state index contributed by atoms with van der Waals surface area (Å²) in [7, 11) is 0. The summed E-state index contributed by atoms with van der Waals surface area (Å²) in [6.45, 7) is 0. The van der Waals surface area contributed by atoms with Crippen molar-refractivity contribution in [1.82, 2.24) is 19.5 Å². The van der Waals surface area contributed by atoms with Crippen molar-refractivity contribution < 1.29 is 8.83 Å². The minimum absolute atomic E-state index is 0.556. The number of hydrogen-bond donors (Lipinski definition) is 0. The van der Waals surface area contributed by atoms with Crippen molar-refractivity contribution in [3.05, 3.63) is 218 Å². The molecular formula is C63H36N4O2S. The van der Waals surface area contributed by atoms with Gasteiger partial charge in [0.05, 0.1) is 11.0 Å². The van der Waals surface area contributed by atoms with E-state index in [-0.39, 0.29) is 0 Å². The fourth-order valence-electron chi connectivity index (χ4n) is 10.6. The number of thiophene rings is 1. The number of benzene rings is 10. The van der Waals surface area contributed by atoms with Crippen LogP contribution >= 0.6 is 11.3 Å². The Morgan fingerprint density at radius 2 is 0.871 bits per heavy atom. The van der Waals surface area contributed by atoms with Crippen molar-refractivity contribution in [2.75, 3.05) is 0 Å². The summed E-state index contributed by atoms with van der Waals surface area (Å²) < 4.78 is 17.5. The average Bonchev–Trinajstić information content (AvgIpc) is 4.19. The van der Waals surface area contributed by atoms with E-state index in [1.165, 1.54) is 37.7 Å². The van der Waals surface area contributed by atoms with Crippen molar-refractivity contribution in [1.29, 1.82) is 0 Å². The molecule has 0 aliphatic rings. The van der Waals surface area contributed by atoms with Crippen molar-refractivity contribution in [2.24, 2.45) is 0 Å². The van der Waals surface area contributed by atoms with Crippen LogP contribution in [0, 0.1) is 0 Å². The number of furan rings is 2. The normalized spacial score (nSPS) is 12.0. The van der Waals surface area contributed by atoms with Gasteiger partial charge in [-0.15, -0.1) is 11.3 Å². The second-order valence-corrected chi connectivity index (χ2v) is 19.0. The topological polar surface area (TPSA) is 69.9 Å². The molecule has 0 aliphatic carbocycles. The lowest BCUT2D eigenvalue weighted by Crippen LogP contribution is -2.00. The monoisotopic (exact) mass is 912 g/mol. The largest absolute Gasteiger partial charge is 0.456 e. The predicted octanol–water partition coefficient (Wildman–Crippen LogP) is 17.5. The molecule has 5 heterocycles. The van der Waals surface area contributed by atoms with Gasteiger partial charge in [0.1, 0.15) is 22.3 Å². The molecule has 0 atom stereocenters. The Labute approximate surface area is 404 Å². The molecule has 70 heavy (non-hydrogen) atoms. The summed E-state index contributed by atoms with van der Waals surface area (Å²) in [5, 5.41) is 8.91. The third-order valence-electron chi connectivity index (χ3n) is 13.9. The molecule has 7 heteroatoms. The van der Waals surface area contributed by atoms with Gasteiger partial charge < -0.3 is 13.4 Å². The van der Waals surface area contributed by atoms with E-state index in [9.17, 15) is 0 Å². The van der Waals surface area contributed by atoms with E-state index in [0.29, 0.717) is 17.5 Å². The standard InChI is InChI=1S/C63H36N4O2S/c1-2-12-37(13-3-1)38-14-10-15-39(32-38)40-26-30-53-50(33-40)44-16-4-7-20-52(44)67(53)43-27-31-58-51(36-43)60-49(19-11-23-59(60)70-58)63-65-61(41-24-28-47-45-17-5-8-21-54(45)68-56(47)34-41)64-62(66-63)42-25-29-48-46-18-6-9-22-55(46)69-57(48)35-42/h1-36H. The maximum absolute atomic E-state index is 6.37. The predicted molar refractivity (Wildman–Crippen MR) is 289 cm³/mol. The van der Waals surface area contributed by atoms with Crippen molar-refractivity contribution in [3.63, 3.8) is 0 Å². The van der Waals surface area contributed by atoms with Gasteiger partial charge in [0.15, 0.2) is 17.5 Å². The molecule has 0 bridgehead atoms. The first kappa shape index (κ1) is 38.9. The Hall–Kier alpha value is -9.17. The molecule has 10 aromatic carbocycles. The van der Waals surface area contributed by atoms with E-state index >= 15 is 0 Å². The van der Waals surface area contributed by atoms with Crippen molar-refractivity contribution in [3.8, 4) is 62.1 Å². The zero-order chi connectivity index (χ0) is 45.9. The number of nitrogens with zero attached hydrogens (tertiary/aromatic N) is 4. The first-order valence-electron chi connectivity index (χ1n) is 23.4. The Morgan fingerprint density at radius 1 is 0.314 bits per heavy atom. The SMILES string of the molecule is c1ccc(-c2cccc(-c3ccc4c(c3)c3ccccc3n4-c3ccc4sc5cccc(-c6nc(-c7ccc8c(c7)oc7ccccc78)nc(-c7ccc8c(c7)oc7ccccc78)n6)c5c4c3)c2)cc1. The van der Waals surface area contributed by atoms with Gasteiger partial charge in [0.25, 0.3) is 0 Å². The molecule has 326 valence electrons. The number of fused-ring (bicyclic) bond motifs is 12. The summed E-state index contributed by atoms with van der Waals surface area (Å²) >= 11 is 1.79. The van der Waals surface area contributed by atoms with Gasteiger partial charge in [-0.3, -0.25) is 0 Å². The number of hydrogen-bond acceptors (Lipinski definition) is 6. The smallest absolute Gasteiger partial charge is 0.164 e. The summed E-state index contributed by atoms with van der Waals surface area (Å²) in [5.41, 5.74) is 14.0. The average molecular weight is 913 g/mol. The minimum Gasteiger partial charge on any atom is -0.456 e. The van der Waals surface area contributed by atoms with E-state index in [2.05, 4.69) is 174 Å². The van der Waals surface area contributed by atoms with E-state index < -0.39 is 0 Å². The number of para-hydroxylation sites is 3. The van der Waals surface area contributed by atoms with Gasteiger partial charge >= 0.3 is 0 Å². The third-order valence-corrected chi connectivity index (χ3v) is 15.0. The van der Waals surface area contributed by atoms with Crippen LogP contribution in [-0.2, 0) is 0 Å². The van der Waals surface area contributed by atoms with Crippen molar-refractivity contribution >= 4 is 97.2 Å². The lowest BCUT2D eigenvalue weighted by molar-refractivity contribution is 0.668. The lowest BCUT2D eigenvalue weighted by atomic mass is 9.98. The molecule has 0 spiro atoms. The Balaban J connectivity index is 0.905. The highest BCUT2D eigenvalue weighted by Gasteiger charge is 2.21. The molecule has 0 saturated carbocycles. The van der Waals surface area contributed by atoms with E-state index in [1.807, 2.05) is 48.5 Å². The van der Waals surface area contributed by atoms with Gasteiger partial charge in [-0.25, -0.2) is 15.0 Å². The summed E-state index contributed by atoms with van der Waals surface area (Å²) in [5.74, 6) is 1.70. The minimum atomic E-state index is 0.556. The molecule has 0 saturated heterocycles. The maximum Gasteiger partial charge on any atom is 0.164 e. The second-order valence-electron chi connectivity index (χ2n) is 17.9. The van der Waals surface area contributed by atoms with Crippen LogP contribution in [0.1, 0.15) is 0 Å². The molecular weight excluding hydrogens is 877 g/mol. The molecule has 5 aromatic heterocycles. The quantitative estimate of drug-likeness (QED) is 0.166. The van der Waals surface area contributed by atoms with Crippen LogP contribution in [0.2, 0.25) is 0 Å². The van der Waals surface area contributed by atoms with Crippen LogP contribution in [0.4, 0.5) is 0 Å². The Morgan fingerprint density at radius 3 is 1.60 bits per heavy atom. The van der Waals surface area contributed by atoms with E-state index in [4.69, 9.17) is 23.8 Å². The Bertz CT molecular complexity index is 4480. The van der Waals surface area contributed by atoms with Crippen LogP contribution in [0.3, 0.4) is 0 Å². The number of rotatable bonds is 6. The fourth-order valence-corrected chi connectivity index (χ4v) is 11.7. The molecule has 6 nitrogen and oxygen atoms in total. The van der Waals surface area contributed by atoms with Gasteiger partial charge in [-0.1, -0.05) is 133 Å². The summed E-state index contributed by atoms with van der Waals surface area (Å²) in [4.78, 5) is 15.8. The first-order chi connectivity index (χ1) is 34.6. The molecule has 0 N–H and O–H groups in total. The molecule has 0 amide bonds. The summed E-state index contributed by atoms with van der Waals surface area (Å²) in [6, 6.07) is 77.1. The Kier molecular flexibility index (Phi) is 8.43. The molecule has 15 aromatic rings. The zero-order valence-corrected chi connectivity index (χ0v) is 38.1. The third kappa shape index (κ3) is 6.08. The fraction of sp³-hybridized carbons (Fsp3) is 0. The highest BCUT2D eigenvalue weighted by atomic mass is 32.1. The highest BCUT2D eigenvalue weighted by Crippen LogP contribution is 2.43. The van der Waals surface area contributed by atoms with Crippen LogP contribution in [0.5, 0.6) is 0 Å². The van der Waals surface area contributed by atoms with E-state index in [1.54, 1.807) is 11.3 Å². The maximum atomic E-state index is 6.37. The van der Waals surface area contributed by atoms with Crippen LogP contribution in [0.25, 0.3) is 148 Å². The van der Waals surface area contributed by atoms with Gasteiger partial charge in [-0.2, -0.15) is 0 Å². The highest BCUT2D eigenvalue weighted by molar-refractivity contribution is 7.26. The van der Waals surface area contributed by atoms with Crippen molar-refractivity contribution in [2.45, 2.75) is 0 Å². The van der Waals surface area contributed by atoms with Gasteiger partial charge in [-0.05, 0) is 107 Å². The van der Waals surface area contributed by atoms with Crippen LogP contribution < -0.4 is 0 Å². The van der Waals surface area contributed by atoms with Crippen LogP contribution in [-0.4, -0.2) is 19.5 Å². The first-order valence-corrected chi connectivity index (χ1v) is 24.2. The summed E-state index contributed by atoms with van der Waals surface area (Å²) in [6.07, 6.45) is 0. The van der Waals surface area contributed by atoms with Gasteiger partial charge in [0, 0.05) is 74.9 Å². The molecule has 0 radical (unpaired) electrons. The molecule has 0 aliphatic heterocycles. The zero-order valence-electron chi connectivity index (χ0n) is 37.3. The number of aromatic nitrogens is 4.